The molecule has 0 aliphatic carbocycles. The zero-order chi connectivity index (χ0) is 14.8. The van der Waals surface area contributed by atoms with Crippen LogP contribution in [-0.2, 0) is 10.0 Å². The van der Waals surface area contributed by atoms with Crippen molar-refractivity contribution in [1.82, 2.24) is 9.62 Å². The summed E-state index contributed by atoms with van der Waals surface area (Å²) in [6.45, 7) is 2.81. The predicted molar refractivity (Wildman–Crippen MR) is 76.6 cm³/mol. The van der Waals surface area contributed by atoms with Gasteiger partial charge < -0.3 is 5.32 Å². The van der Waals surface area contributed by atoms with Gasteiger partial charge in [0.25, 0.3) is 0 Å². The van der Waals surface area contributed by atoms with E-state index < -0.39 is 15.8 Å². The second-order valence-corrected chi connectivity index (χ2v) is 7.12. The summed E-state index contributed by atoms with van der Waals surface area (Å²) in [6, 6.07) is 4.11. The van der Waals surface area contributed by atoms with Gasteiger partial charge in [-0.15, -0.1) is 0 Å². The minimum Gasteiger partial charge on any atom is -0.318 e. The normalized spacial score (nSPS) is 21.1. The van der Waals surface area contributed by atoms with E-state index in [1.807, 2.05) is 0 Å². The van der Waals surface area contributed by atoms with E-state index in [9.17, 15) is 12.8 Å². The minimum atomic E-state index is -3.77. The third-order valence-corrected chi connectivity index (χ3v) is 5.65. The van der Waals surface area contributed by atoms with Crippen LogP contribution in [0.1, 0.15) is 24.8 Å². The first kappa shape index (κ1) is 15.4. The summed E-state index contributed by atoms with van der Waals surface area (Å²) in [7, 11) is -1.97. The van der Waals surface area contributed by atoms with Crippen molar-refractivity contribution in [2.45, 2.75) is 37.1 Å². The average Bonchev–Trinajstić information content (AvgIpc) is 2.42. The van der Waals surface area contributed by atoms with Crippen molar-refractivity contribution in [2.75, 3.05) is 20.1 Å². The van der Waals surface area contributed by atoms with Crippen molar-refractivity contribution in [3.05, 3.63) is 29.6 Å². The highest BCUT2D eigenvalue weighted by atomic mass is 32.2. The van der Waals surface area contributed by atoms with Gasteiger partial charge in [0.05, 0.1) is 0 Å². The van der Waals surface area contributed by atoms with E-state index in [1.54, 1.807) is 20.0 Å². The molecule has 2 rings (SSSR count). The highest BCUT2D eigenvalue weighted by Crippen LogP contribution is 2.27. The zero-order valence-electron chi connectivity index (χ0n) is 11.9. The molecule has 1 aromatic carbocycles. The molecule has 0 aromatic heterocycles. The lowest BCUT2D eigenvalue weighted by atomic mass is 10.1. The molecule has 0 amide bonds. The number of likely N-dealkylation sites (N-methyl/N-ethyl adjacent to an activating group) is 1. The molecule has 1 fully saturated rings. The second kappa shape index (κ2) is 6.20. The molecule has 1 aliphatic rings. The molecule has 0 spiro atoms. The summed E-state index contributed by atoms with van der Waals surface area (Å²) < 4.78 is 40.8. The number of rotatable bonds is 4. The standard InChI is InChI=1S/C14H21FN2O2S/c1-11-6-7-13(15)14(9-11)20(18,19)17-8-4-3-5-12(17)10-16-2/h6-7,9,12,16H,3-5,8,10H2,1-2H3. The van der Waals surface area contributed by atoms with Crippen molar-refractivity contribution in [3.63, 3.8) is 0 Å². The molecule has 112 valence electrons. The third-order valence-electron chi connectivity index (χ3n) is 3.69. The Morgan fingerprint density at radius 2 is 2.15 bits per heavy atom. The summed E-state index contributed by atoms with van der Waals surface area (Å²) in [5, 5.41) is 3.02. The molecule has 1 atom stereocenters. The Labute approximate surface area is 120 Å². The summed E-state index contributed by atoms with van der Waals surface area (Å²) in [6.07, 6.45) is 2.65. The highest BCUT2D eigenvalue weighted by Gasteiger charge is 2.34. The van der Waals surface area contributed by atoms with Crippen LogP contribution < -0.4 is 5.32 Å². The molecular weight excluding hydrogens is 279 g/mol. The van der Waals surface area contributed by atoms with Crippen LogP contribution in [0.15, 0.2) is 23.1 Å². The summed E-state index contributed by atoms with van der Waals surface area (Å²) in [4.78, 5) is -0.208. The van der Waals surface area contributed by atoms with E-state index in [2.05, 4.69) is 5.32 Å². The Morgan fingerprint density at radius 3 is 2.85 bits per heavy atom. The maximum Gasteiger partial charge on any atom is 0.246 e. The molecule has 6 heteroatoms. The second-order valence-electron chi connectivity index (χ2n) is 5.26. The Bertz CT molecular complexity index is 573. The number of piperidine rings is 1. The lowest BCUT2D eigenvalue weighted by Crippen LogP contribution is -2.48. The molecular formula is C14H21FN2O2S. The van der Waals surface area contributed by atoms with Crippen molar-refractivity contribution in [1.29, 1.82) is 0 Å². The average molecular weight is 300 g/mol. The number of hydrogen-bond acceptors (Lipinski definition) is 3. The molecule has 20 heavy (non-hydrogen) atoms. The molecule has 4 nitrogen and oxygen atoms in total. The number of aryl methyl sites for hydroxylation is 1. The maximum absolute atomic E-state index is 13.9. The van der Waals surface area contributed by atoms with E-state index in [4.69, 9.17) is 0 Å². The SMILES string of the molecule is CNCC1CCCCN1S(=O)(=O)c1cc(C)ccc1F. The van der Waals surface area contributed by atoms with Crippen molar-refractivity contribution in [3.8, 4) is 0 Å². The van der Waals surface area contributed by atoms with Gasteiger partial charge in [0, 0.05) is 19.1 Å². The molecule has 1 N–H and O–H groups in total. The van der Waals surface area contributed by atoms with Gasteiger partial charge in [-0.2, -0.15) is 4.31 Å². The fourth-order valence-corrected chi connectivity index (χ4v) is 4.51. The predicted octanol–water partition coefficient (Wildman–Crippen LogP) is 1.90. The first-order valence-corrected chi connectivity index (χ1v) is 8.33. The monoisotopic (exact) mass is 300 g/mol. The number of hydrogen-bond donors (Lipinski definition) is 1. The van der Waals surface area contributed by atoms with Gasteiger partial charge >= 0.3 is 0 Å². The quantitative estimate of drug-likeness (QED) is 0.924. The van der Waals surface area contributed by atoms with Crippen LogP contribution in [0.25, 0.3) is 0 Å². The topological polar surface area (TPSA) is 49.4 Å². The van der Waals surface area contributed by atoms with Gasteiger partial charge in [-0.05, 0) is 44.5 Å². The Morgan fingerprint density at radius 1 is 1.40 bits per heavy atom. The van der Waals surface area contributed by atoms with Crippen molar-refractivity contribution >= 4 is 10.0 Å². The molecule has 1 aromatic rings. The van der Waals surface area contributed by atoms with Crippen LogP contribution in [0.3, 0.4) is 0 Å². The van der Waals surface area contributed by atoms with E-state index in [0.717, 1.165) is 24.8 Å². The molecule has 0 radical (unpaired) electrons. The summed E-state index contributed by atoms with van der Waals surface area (Å²) >= 11 is 0. The third kappa shape index (κ3) is 3.02. The number of sulfonamides is 1. The Hall–Kier alpha value is -0.980. The van der Waals surface area contributed by atoms with E-state index in [-0.39, 0.29) is 10.9 Å². The number of nitrogens with one attached hydrogen (secondary N) is 1. The van der Waals surface area contributed by atoms with E-state index in [1.165, 1.54) is 16.4 Å². The van der Waals surface area contributed by atoms with Crippen LogP contribution in [0.4, 0.5) is 4.39 Å². The molecule has 0 bridgehead atoms. The maximum atomic E-state index is 13.9. The van der Waals surface area contributed by atoms with Crippen LogP contribution >= 0.6 is 0 Å². The largest absolute Gasteiger partial charge is 0.318 e. The minimum absolute atomic E-state index is 0.0985. The fourth-order valence-electron chi connectivity index (χ4n) is 2.66. The molecule has 1 heterocycles. The van der Waals surface area contributed by atoms with Gasteiger partial charge in [-0.1, -0.05) is 12.5 Å². The highest BCUT2D eigenvalue weighted by molar-refractivity contribution is 7.89. The lowest BCUT2D eigenvalue weighted by molar-refractivity contribution is 0.248. The molecule has 1 aliphatic heterocycles. The van der Waals surface area contributed by atoms with E-state index in [0.29, 0.717) is 13.1 Å². The first-order valence-electron chi connectivity index (χ1n) is 6.89. The lowest BCUT2D eigenvalue weighted by Gasteiger charge is -2.34. The van der Waals surface area contributed by atoms with Gasteiger partial charge in [-0.25, -0.2) is 12.8 Å². The number of benzene rings is 1. The van der Waals surface area contributed by atoms with Crippen LogP contribution in [-0.4, -0.2) is 38.9 Å². The Kier molecular flexibility index (Phi) is 4.78. The van der Waals surface area contributed by atoms with Gasteiger partial charge in [0.2, 0.25) is 10.0 Å². The number of halogens is 1. The van der Waals surface area contributed by atoms with Crippen LogP contribution in [0, 0.1) is 12.7 Å². The Balaban J connectivity index is 2.39. The van der Waals surface area contributed by atoms with Crippen LogP contribution in [0.2, 0.25) is 0 Å². The molecule has 1 unspecified atom stereocenters. The summed E-state index contributed by atoms with van der Waals surface area (Å²) in [5.41, 5.74) is 0.743. The van der Waals surface area contributed by atoms with Gasteiger partial charge in [0.1, 0.15) is 10.7 Å². The smallest absolute Gasteiger partial charge is 0.246 e. The fraction of sp³-hybridized carbons (Fsp3) is 0.571. The first-order chi connectivity index (χ1) is 9.46. The molecule has 0 saturated carbocycles. The molecule has 1 saturated heterocycles. The van der Waals surface area contributed by atoms with Crippen molar-refractivity contribution < 1.29 is 12.8 Å². The van der Waals surface area contributed by atoms with Gasteiger partial charge in [-0.3, -0.25) is 0 Å². The van der Waals surface area contributed by atoms with Gasteiger partial charge in [0.15, 0.2) is 0 Å². The van der Waals surface area contributed by atoms with Crippen LogP contribution in [0.5, 0.6) is 0 Å². The van der Waals surface area contributed by atoms with Crippen molar-refractivity contribution in [2.24, 2.45) is 0 Å². The number of nitrogens with zero attached hydrogens (tertiary/aromatic N) is 1. The zero-order valence-corrected chi connectivity index (χ0v) is 12.7. The summed E-state index contributed by atoms with van der Waals surface area (Å²) in [5.74, 6) is -0.676. The van der Waals surface area contributed by atoms with E-state index >= 15 is 0 Å².